The van der Waals surface area contributed by atoms with Crippen molar-refractivity contribution >= 4 is 12.4 Å². The first-order valence-electron chi connectivity index (χ1n) is 6.29. The van der Waals surface area contributed by atoms with Gasteiger partial charge in [0.15, 0.2) is 5.82 Å². The Bertz CT molecular complexity index is 590. The van der Waals surface area contributed by atoms with E-state index in [1.165, 1.54) is 5.56 Å². The molecular weight excluding hydrogens is 262 g/mol. The monoisotopic (exact) mass is 279 g/mol. The molecule has 4 nitrogen and oxygen atoms in total. The molecule has 1 aromatic heterocycles. The zero-order valence-electron chi connectivity index (χ0n) is 11.1. The summed E-state index contributed by atoms with van der Waals surface area (Å²) in [6.07, 6.45) is 3.03. The van der Waals surface area contributed by atoms with Gasteiger partial charge in [0.1, 0.15) is 0 Å². The highest BCUT2D eigenvalue weighted by atomic mass is 35.5. The molecule has 1 heterocycles. The van der Waals surface area contributed by atoms with Gasteiger partial charge < -0.3 is 10.3 Å². The van der Waals surface area contributed by atoms with Crippen LogP contribution in [-0.4, -0.2) is 10.1 Å². The van der Waals surface area contributed by atoms with Crippen LogP contribution in [0.25, 0.3) is 11.5 Å². The van der Waals surface area contributed by atoms with Gasteiger partial charge in [0.2, 0.25) is 0 Å². The molecule has 102 valence electrons. The normalized spacial score (nSPS) is 16.6. The lowest BCUT2D eigenvalue weighted by Crippen LogP contribution is -2.44. The first-order valence-corrected chi connectivity index (χ1v) is 6.29. The molecule has 0 bridgehead atoms. The number of benzene rings is 1. The fraction of sp³-hybridized carbons (Fsp3) is 0.429. The van der Waals surface area contributed by atoms with E-state index in [-0.39, 0.29) is 17.9 Å². The second kappa shape index (κ2) is 4.94. The summed E-state index contributed by atoms with van der Waals surface area (Å²) in [5.41, 5.74) is 9.19. The topological polar surface area (TPSA) is 64.9 Å². The van der Waals surface area contributed by atoms with Gasteiger partial charge in [-0.3, -0.25) is 0 Å². The molecule has 2 N–H and O–H groups in total. The van der Waals surface area contributed by atoms with Crippen LogP contribution in [0.4, 0.5) is 0 Å². The number of nitrogens with zero attached hydrogens (tertiary/aromatic N) is 2. The van der Waals surface area contributed by atoms with Gasteiger partial charge in [-0.2, -0.15) is 4.98 Å². The highest BCUT2D eigenvalue weighted by Gasteiger charge is 2.39. The Morgan fingerprint density at radius 3 is 2.58 bits per heavy atom. The Balaban J connectivity index is 0.00000133. The van der Waals surface area contributed by atoms with Crippen LogP contribution in [0.3, 0.4) is 0 Å². The van der Waals surface area contributed by atoms with E-state index in [4.69, 9.17) is 10.3 Å². The first kappa shape index (κ1) is 14.0. The second-order valence-corrected chi connectivity index (χ2v) is 5.25. The smallest absolute Gasteiger partial charge is 0.258 e. The number of hydrogen-bond donors (Lipinski definition) is 1. The number of halogens is 1. The molecule has 0 radical (unpaired) electrons. The molecule has 0 saturated heterocycles. The molecule has 1 saturated carbocycles. The highest BCUT2D eigenvalue weighted by Crippen LogP contribution is 2.37. The van der Waals surface area contributed by atoms with E-state index in [1.807, 2.05) is 19.1 Å². The van der Waals surface area contributed by atoms with Crippen LogP contribution in [0.15, 0.2) is 22.7 Å². The van der Waals surface area contributed by atoms with E-state index in [9.17, 15) is 0 Å². The lowest BCUT2D eigenvalue weighted by Gasteiger charge is -2.34. The van der Waals surface area contributed by atoms with Crippen molar-refractivity contribution in [3.63, 3.8) is 0 Å². The molecule has 5 heteroatoms. The van der Waals surface area contributed by atoms with E-state index < -0.39 is 0 Å². The lowest BCUT2D eigenvalue weighted by atomic mass is 9.77. The van der Waals surface area contributed by atoms with Gasteiger partial charge in [0.25, 0.3) is 5.89 Å². The van der Waals surface area contributed by atoms with Crippen molar-refractivity contribution in [2.45, 2.75) is 38.6 Å². The number of nitrogens with two attached hydrogens (primary N) is 1. The van der Waals surface area contributed by atoms with Crippen molar-refractivity contribution in [2.75, 3.05) is 0 Å². The number of hydrogen-bond acceptors (Lipinski definition) is 4. The summed E-state index contributed by atoms with van der Waals surface area (Å²) >= 11 is 0. The van der Waals surface area contributed by atoms with Crippen molar-refractivity contribution in [1.29, 1.82) is 0 Å². The highest BCUT2D eigenvalue weighted by molar-refractivity contribution is 5.85. The minimum absolute atomic E-state index is 0. The fourth-order valence-corrected chi connectivity index (χ4v) is 2.37. The third-order valence-electron chi connectivity index (χ3n) is 3.73. The Morgan fingerprint density at radius 1 is 1.26 bits per heavy atom. The molecule has 19 heavy (non-hydrogen) atoms. The predicted molar refractivity (Wildman–Crippen MR) is 76.2 cm³/mol. The van der Waals surface area contributed by atoms with Crippen molar-refractivity contribution in [3.05, 3.63) is 35.2 Å². The molecule has 1 aromatic carbocycles. The van der Waals surface area contributed by atoms with Gasteiger partial charge in [-0.1, -0.05) is 22.9 Å². The molecule has 1 aliphatic rings. The summed E-state index contributed by atoms with van der Waals surface area (Å²) in [6.45, 7) is 4.12. The lowest BCUT2D eigenvalue weighted by molar-refractivity contribution is 0.229. The maximum Gasteiger partial charge on any atom is 0.258 e. The maximum absolute atomic E-state index is 6.19. The van der Waals surface area contributed by atoms with Gasteiger partial charge in [-0.05, 0) is 44.7 Å². The Morgan fingerprint density at radius 2 is 2.00 bits per heavy atom. The summed E-state index contributed by atoms with van der Waals surface area (Å²) in [6, 6.07) is 6.18. The molecule has 1 aliphatic carbocycles. The molecule has 0 atom stereocenters. The second-order valence-electron chi connectivity index (χ2n) is 5.25. The van der Waals surface area contributed by atoms with Crippen LogP contribution in [-0.2, 0) is 5.54 Å². The predicted octanol–water partition coefficient (Wildman–Crippen LogP) is 3.11. The average Bonchev–Trinajstić information content (AvgIpc) is 2.75. The Hall–Kier alpha value is -1.39. The molecule has 0 amide bonds. The van der Waals surface area contributed by atoms with Gasteiger partial charge in [-0.25, -0.2) is 0 Å². The van der Waals surface area contributed by atoms with Crippen LogP contribution < -0.4 is 5.73 Å². The van der Waals surface area contributed by atoms with Crippen LogP contribution in [0.5, 0.6) is 0 Å². The minimum Gasteiger partial charge on any atom is -0.334 e. The van der Waals surface area contributed by atoms with Crippen molar-refractivity contribution in [3.8, 4) is 11.5 Å². The number of aryl methyl sites for hydroxylation is 2. The number of aromatic nitrogens is 2. The van der Waals surface area contributed by atoms with E-state index in [2.05, 4.69) is 23.1 Å². The molecule has 1 fully saturated rings. The standard InChI is InChI=1S/C14H17N3O.ClH/c1-9-4-5-11(10(2)8-9)12-16-13(17-18-12)14(15)6-3-7-14;/h4-5,8H,3,6-7,15H2,1-2H3;1H. The average molecular weight is 280 g/mol. The largest absolute Gasteiger partial charge is 0.334 e. The number of rotatable bonds is 2. The molecule has 0 spiro atoms. The molecule has 0 aliphatic heterocycles. The van der Waals surface area contributed by atoms with Gasteiger partial charge in [0, 0.05) is 5.56 Å². The van der Waals surface area contributed by atoms with Crippen LogP contribution >= 0.6 is 12.4 Å². The van der Waals surface area contributed by atoms with E-state index >= 15 is 0 Å². The van der Waals surface area contributed by atoms with E-state index in [0.717, 1.165) is 30.4 Å². The van der Waals surface area contributed by atoms with Gasteiger partial charge in [-0.15, -0.1) is 12.4 Å². The van der Waals surface area contributed by atoms with Crippen molar-refractivity contribution in [1.82, 2.24) is 10.1 Å². The molecular formula is C14H18ClN3O. The minimum atomic E-state index is -0.361. The van der Waals surface area contributed by atoms with Gasteiger partial charge >= 0.3 is 0 Å². The SMILES string of the molecule is Cc1ccc(-c2nc(C3(N)CCC3)no2)c(C)c1.Cl. The van der Waals surface area contributed by atoms with E-state index in [1.54, 1.807) is 0 Å². The van der Waals surface area contributed by atoms with Gasteiger partial charge in [0.05, 0.1) is 5.54 Å². The summed E-state index contributed by atoms with van der Waals surface area (Å²) in [7, 11) is 0. The zero-order chi connectivity index (χ0) is 12.8. The third kappa shape index (κ3) is 2.38. The Kier molecular flexibility index (Phi) is 3.65. The van der Waals surface area contributed by atoms with Crippen LogP contribution in [0.1, 0.15) is 36.2 Å². The van der Waals surface area contributed by atoms with Crippen LogP contribution in [0.2, 0.25) is 0 Å². The van der Waals surface area contributed by atoms with E-state index in [0.29, 0.717) is 11.7 Å². The zero-order valence-corrected chi connectivity index (χ0v) is 12.0. The first-order chi connectivity index (χ1) is 8.58. The Labute approximate surface area is 118 Å². The van der Waals surface area contributed by atoms with Crippen molar-refractivity contribution < 1.29 is 4.52 Å². The summed E-state index contributed by atoms with van der Waals surface area (Å²) in [5, 5.41) is 4.04. The van der Waals surface area contributed by atoms with Crippen LogP contribution in [0, 0.1) is 13.8 Å². The fourth-order valence-electron chi connectivity index (χ4n) is 2.37. The molecule has 2 aromatic rings. The quantitative estimate of drug-likeness (QED) is 0.917. The van der Waals surface area contributed by atoms with Crippen molar-refractivity contribution in [2.24, 2.45) is 5.73 Å². The summed E-state index contributed by atoms with van der Waals surface area (Å²) in [4.78, 5) is 4.46. The third-order valence-corrected chi connectivity index (χ3v) is 3.73. The maximum atomic E-state index is 6.19. The summed E-state index contributed by atoms with van der Waals surface area (Å²) < 4.78 is 5.35. The summed E-state index contributed by atoms with van der Waals surface area (Å²) in [5.74, 6) is 1.21. The molecule has 3 rings (SSSR count). The molecule has 0 unspecified atom stereocenters.